The lowest BCUT2D eigenvalue weighted by Gasteiger charge is -2.29. The van der Waals surface area contributed by atoms with Crippen LogP contribution in [0.3, 0.4) is 0 Å². The minimum absolute atomic E-state index is 0.119. The van der Waals surface area contributed by atoms with E-state index in [1.807, 2.05) is 44.3 Å². The molecular weight excluding hydrogens is 266 g/mol. The van der Waals surface area contributed by atoms with Crippen molar-refractivity contribution in [1.29, 1.82) is 0 Å². The minimum atomic E-state index is -0.906. The van der Waals surface area contributed by atoms with E-state index in [4.69, 9.17) is 0 Å². The molecule has 2 aromatic rings. The van der Waals surface area contributed by atoms with E-state index < -0.39 is 5.60 Å². The van der Waals surface area contributed by atoms with Crippen LogP contribution in [0.15, 0.2) is 30.5 Å². The largest absolute Gasteiger partial charge is 0.388 e. The second-order valence-corrected chi connectivity index (χ2v) is 5.75. The van der Waals surface area contributed by atoms with E-state index in [1.165, 1.54) is 0 Å². The number of fused-ring (bicyclic) bond motifs is 1. The number of carbonyl (C=O) groups is 1. The molecule has 2 atom stereocenters. The number of aromatic nitrogens is 1. The van der Waals surface area contributed by atoms with Gasteiger partial charge in [-0.2, -0.15) is 0 Å². The van der Waals surface area contributed by atoms with Gasteiger partial charge in [0.25, 0.3) is 0 Å². The monoisotopic (exact) mass is 289 g/mol. The Morgan fingerprint density at radius 2 is 2.19 bits per heavy atom. The Morgan fingerprint density at radius 3 is 2.90 bits per heavy atom. The molecule has 1 heterocycles. The van der Waals surface area contributed by atoms with Gasteiger partial charge in [0.15, 0.2) is 0 Å². The summed E-state index contributed by atoms with van der Waals surface area (Å²) in [5.41, 5.74) is 0.847. The number of aromatic amines is 1. The number of amides is 2. The minimum Gasteiger partial charge on any atom is -0.388 e. The lowest BCUT2D eigenvalue weighted by Crippen LogP contribution is -2.46. The maximum atomic E-state index is 11.9. The van der Waals surface area contributed by atoms with Crippen molar-refractivity contribution < 1.29 is 9.90 Å². The van der Waals surface area contributed by atoms with Crippen molar-refractivity contribution in [2.24, 2.45) is 5.92 Å². The number of hydrogen-bond donors (Lipinski definition) is 4. The van der Waals surface area contributed by atoms with Gasteiger partial charge in [-0.3, -0.25) is 0 Å². The summed E-state index contributed by atoms with van der Waals surface area (Å²) in [6.07, 6.45) is 2.72. The maximum Gasteiger partial charge on any atom is 0.319 e. The molecule has 21 heavy (non-hydrogen) atoms. The quantitative estimate of drug-likeness (QED) is 0.682. The first-order chi connectivity index (χ1) is 9.92. The third kappa shape index (κ3) is 3.76. The summed E-state index contributed by atoms with van der Waals surface area (Å²) >= 11 is 0. The van der Waals surface area contributed by atoms with Crippen molar-refractivity contribution in [2.45, 2.75) is 32.8 Å². The lowest BCUT2D eigenvalue weighted by molar-refractivity contribution is 0.00827. The van der Waals surface area contributed by atoms with Crippen molar-refractivity contribution in [3.05, 3.63) is 30.5 Å². The van der Waals surface area contributed by atoms with Gasteiger partial charge in [0.05, 0.1) is 5.60 Å². The van der Waals surface area contributed by atoms with Crippen LogP contribution in [0.4, 0.5) is 10.5 Å². The van der Waals surface area contributed by atoms with Crippen LogP contribution in [-0.4, -0.2) is 28.3 Å². The molecule has 0 aliphatic carbocycles. The molecule has 1 aromatic carbocycles. The highest BCUT2D eigenvalue weighted by molar-refractivity contribution is 5.92. The third-order valence-corrected chi connectivity index (χ3v) is 4.09. The Morgan fingerprint density at radius 1 is 1.43 bits per heavy atom. The summed E-state index contributed by atoms with van der Waals surface area (Å²) < 4.78 is 0. The van der Waals surface area contributed by atoms with Crippen LogP contribution in [0.1, 0.15) is 27.2 Å². The predicted octanol–water partition coefficient (Wildman–Crippen LogP) is 3.09. The third-order valence-electron chi connectivity index (χ3n) is 4.09. The molecule has 1 aromatic heterocycles. The van der Waals surface area contributed by atoms with Crippen LogP contribution in [0, 0.1) is 5.92 Å². The van der Waals surface area contributed by atoms with Crippen molar-refractivity contribution in [3.63, 3.8) is 0 Å². The van der Waals surface area contributed by atoms with E-state index in [1.54, 1.807) is 6.92 Å². The molecule has 0 radical (unpaired) electrons. The zero-order valence-electron chi connectivity index (χ0n) is 12.7. The van der Waals surface area contributed by atoms with Gasteiger partial charge in [0, 0.05) is 29.3 Å². The van der Waals surface area contributed by atoms with Gasteiger partial charge in [-0.1, -0.05) is 20.3 Å². The normalized spacial score (nSPS) is 15.4. The Labute approximate surface area is 124 Å². The summed E-state index contributed by atoms with van der Waals surface area (Å²) in [6.45, 7) is 5.96. The van der Waals surface area contributed by atoms with Gasteiger partial charge < -0.3 is 20.7 Å². The predicted molar refractivity (Wildman–Crippen MR) is 85.4 cm³/mol. The average Bonchev–Trinajstić information content (AvgIpc) is 2.92. The summed E-state index contributed by atoms with van der Waals surface area (Å²) in [5.74, 6) is 0.119. The molecule has 0 spiro atoms. The smallest absolute Gasteiger partial charge is 0.319 e. The molecule has 2 unspecified atom stereocenters. The molecule has 0 fully saturated rings. The summed E-state index contributed by atoms with van der Waals surface area (Å²) in [5, 5.41) is 16.8. The molecule has 5 heteroatoms. The fraction of sp³-hybridized carbons (Fsp3) is 0.438. The molecule has 2 rings (SSSR count). The van der Waals surface area contributed by atoms with Crippen molar-refractivity contribution in [2.75, 3.05) is 11.9 Å². The van der Waals surface area contributed by atoms with Gasteiger partial charge in [-0.05, 0) is 37.1 Å². The number of rotatable bonds is 5. The standard InChI is InChI=1S/C16H23N3O2/c1-4-11(2)16(3,21)10-18-15(20)19-13-5-6-14-12(9-13)7-8-17-14/h5-9,11,17,21H,4,10H2,1-3H3,(H2,18,19,20). The first kappa shape index (κ1) is 15.4. The van der Waals surface area contributed by atoms with Crippen LogP contribution >= 0.6 is 0 Å². The highest BCUT2D eigenvalue weighted by atomic mass is 16.3. The van der Waals surface area contributed by atoms with E-state index in [0.717, 1.165) is 23.0 Å². The summed E-state index contributed by atoms with van der Waals surface area (Å²) in [4.78, 5) is 15.0. The number of H-pyrrole nitrogens is 1. The van der Waals surface area contributed by atoms with Crippen molar-refractivity contribution in [3.8, 4) is 0 Å². The molecule has 4 N–H and O–H groups in total. The summed E-state index contributed by atoms with van der Waals surface area (Å²) in [6, 6.07) is 7.30. The molecule has 114 valence electrons. The first-order valence-electron chi connectivity index (χ1n) is 7.26. The number of carbonyl (C=O) groups excluding carboxylic acids is 1. The molecule has 0 saturated heterocycles. The SMILES string of the molecule is CCC(C)C(C)(O)CNC(=O)Nc1ccc2[nH]ccc2c1. The number of nitrogens with one attached hydrogen (secondary N) is 3. The summed E-state index contributed by atoms with van der Waals surface area (Å²) in [7, 11) is 0. The zero-order valence-corrected chi connectivity index (χ0v) is 12.7. The van der Waals surface area contributed by atoms with Crippen LogP contribution < -0.4 is 10.6 Å². The van der Waals surface area contributed by atoms with E-state index in [9.17, 15) is 9.90 Å². The van der Waals surface area contributed by atoms with Crippen molar-refractivity contribution in [1.82, 2.24) is 10.3 Å². The second-order valence-electron chi connectivity index (χ2n) is 5.75. The number of aliphatic hydroxyl groups is 1. The molecule has 0 bridgehead atoms. The van der Waals surface area contributed by atoms with Gasteiger partial charge in [0.2, 0.25) is 0 Å². The molecule has 0 saturated carbocycles. The number of urea groups is 1. The lowest BCUT2D eigenvalue weighted by atomic mass is 9.89. The molecule has 5 nitrogen and oxygen atoms in total. The fourth-order valence-corrected chi connectivity index (χ4v) is 2.18. The number of anilines is 1. The molecule has 2 amide bonds. The highest BCUT2D eigenvalue weighted by Gasteiger charge is 2.27. The van der Waals surface area contributed by atoms with E-state index >= 15 is 0 Å². The fourth-order valence-electron chi connectivity index (χ4n) is 2.18. The molecule has 0 aliphatic heterocycles. The first-order valence-corrected chi connectivity index (χ1v) is 7.26. The van der Waals surface area contributed by atoms with Gasteiger partial charge in [0.1, 0.15) is 0 Å². The van der Waals surface area contributed by atoms with Gasteiger partial charge in [-0.25, -0.2) is 4.79 Å². The van der Waals surface area contributed by atoms with Crippen LogP contribution in [0.5, 0.6) is 0 Å². The average molecular weight is 289 g/mol. The topological polar surface area (TPSA) is 77.2 Å². The highest BCUT2D eigenvalue weighted by Crippen LogP contribution is 2.19. The molecule has 0 aliphatic rings. The van der Waals surface area contributed by atoms with Crippen molar-refractivity contribution >= 4 is 22.6 Å². The van der Waals surface area contributed by atoms with Gasteiger partial charge in [-0.15, -0.1) is 0 Å². The van der Waals surface area contributed by atoms with Gasteiger partial charge >= 0.3 is 6.03 Å². The Kier molecular flexibility index (Phi) is 4.53. The van der Waals surface area contributed by atoms with E-state index in [-0.39, 0.29) is 18.5 Å². The Hall–Kier alpha value is -2.01. The van der Waals surface area contributed by atoms with Crippen LogP contribution in [0.25, 0.3) is 10.9 Å². The number of benzene rings is 1. The molecular formula is C16H23N3O2. The maximum absolute atomic E-state index is 11.9. The van der Waals surface area contributed by atoms with E-state index in [2.05, 4.69) is 15.6 Å². The van der Waals surface area contributed by atoms with Crippen LogP contribution in [-0.2, 0) is 0 Å². The number of hydrogen-bond acceptors (Lipinski definition) is 2. The Balaban J connectivity index is 1.92. The second kappa shape index (κ2) is 6.18. The zero-order chi connectivity index (χ0) is 15.5. The Bertz CT molecular complexity index is 619. The van der Waals surface area contributed by atoms with Crippen LogP contribution in [0.2, 0.25) is 0 Å². The van der Waals surface area contributed by atoms with E-state index in [0.29, 0.717) is 0 Å².